The standard InChI is InChI=1S/C7H13N3O4S/c1-4(11)6(8)7-9-5(10-14-7)3-15(2,12)13/h4,6,11H,3,8H2,1-2H3. The van der Waals surface area contributed by atoms with Gasteiger partial charge in [-0.3, -0.25) is 0 Å². The highest BCUT2D eigenvalue weighted by molar-refractivity contribution is 7.89. The number of aliphatic hydroxyl groups excluding tert-OH is 1. The van der Waals surface area contributed by atoms with Gasteiger partial charge in [-0.05, 0) is 6.92 Å². The monoisotopic (exact) mass is 235 g/mol. The number of nitrogens with zero attached hydrogens (tertiary/aromatic N) is 2. The summed E-state index contributed by atoms with van der Waals surface area (Å²) in [4.78, 5) is 3.77. The molecule has 1 heterocycles. The van der Waals surface area contributed by atoms with Crippen molar-refractivity contribution in [1.29, 1.82) is 0 Å². The van der Waals surface area contributed by atoms with Crippen LogP contribution in [0.25, 0.3) is 0 Å². The minimum Gasteiger partial charge on any atom is -0.391 e. The molecule has 15 heavy (non-hydrogen) atoms. The van der Waals surface area contributed by atoms with E-state index in [9.17, 15) is 8.42 Å². The molecule has 0 amide bonds. The van der Waals surface area contributed by atoms with Crippen LogP contribution in [0.3, 0.4) is 0 Å². The average Bonchev–Trinajstić information content (AvgIpc) is 2.48. The van der Waals surface area contributed by atoms with Gasteiger partial charge in [0.1, 0.15) is 11.8 Å². The zero-order chi connectivity index (χ0) is 11.6. The van der Waals surface area contributed by atoms with Crippen LogP contribution < -0.4 is 5.73 Å². The van der Waals surface area contributed by atoms with Crippen LogP contribution in [0, 0.1) is 0 Å². The molecule has 1 aromatic rings. The molecule has 0 aliphatic heterocycles. The predicted octanol–water partition coefficient (Wildman–Crippen LogP) is -1.01. The van der Waals surface area contributed by atoms with Gasteiger partial charge in [0.2, 0.25) is 5.89 Å². The van der Waals surface area contributed by atoms with Gasteiger partial charge in [0.05, 0.1) is 6.10 Å². The minimum atomic E-state index is -3.20. The van der Waals surface area contributed by atoms with E-state index in [0.717, 1.165) is 6.26 Å². The van der Waals surface area contributed by atoms with Gasteiger partial charge >= 0.3 is 0 Å². The van der Waals surface area contributed by atoms with Crippen molar-refractivity contribution >= 4 is 9.84 Å². The third-order valence-corrected chi connectivity index (χ3v) is 2.46. The number of aliphatic hydroxyl groups is 1. The maximum absolute atomic E-state index is 10.9. The van der Waals surface area contributed by atoms with E-state index in [1.54, 1.807) is 0 Å². The highest BCUT2D eigenvalue weighted by atomic mass is 32.2. The molecule has 0 aliphatic carbocycles. The quantitative estimate of drug-likeness (QED) is 0.686. The number of aromatic nitrogens is 2. The lowest BCUT2D eigenvalue weighted by molar-refractivity contribution is 0.146. The van der Waals surface area contributed by atoms with E-state index in [1.807, 2.05) is 0 Å². The van der Waals surface area contributed by atoms with Crippen molar-refractivity contribution in [2.75, 3.05) is 6.26 Å². The first-order chi connectivity index (χ1) is 6.79. The van der Waals surface area contributed by atoms with Gasteiger partial charge in [0.15, 0.2) is 15.7 Å². The Hall–Kier alpha value is -0.990. The van der Waals surface area contributed by atoms with Crippen LogP contribution in [-0.4, -0.2) is 36.0 Å². The van der Waals surface area contributed by atoms with E-state index in [1.165, 1.54) is 6.92 Å². The molecule has 7 nitrogen and oxygen atoms in total. The molecule has 0 bridgehead atoms. The largest absolute Gasteiger partial charge is 0.391 e. The van der Waals surface area contributed by atoms with Gasteiger partial charge in [-0.25, -0.2) is 8.42 Å². The highest BCUT2D eigenvalue weighted by Gasteiger charge is 2.20. The Morgan fingerprint density at radius 3 is 2.67 bits per heavy atom. The molecular weight excluding hydrogens is 222 g/mol. The molecule has 0 radical (unpaired) electrons. The maximum atomic E-state index is 10.9. The van der Waals surface area contributed by atoms with Gasteiger partial charge in [-0.15, -0.1) is 0 Å². The Morgan fingerprint density at radius 1 is 1.60 bits per heavy atom. The van der Waals surface area contributed by atoms with E-state index in [-0.39, 0.29) is 17.5 Å². The number of sulfone groups is 1. The second-order valence-electron chi connectivity index (χ2n) is 3.39. The van der Waals surface area contributed by atoms with Crippen molar-refractivity contribution in [3.63, 3.8) is 0 Å². The number of nitrogens with two attached hydrogens (primary N) is 1. The van der Waals surface area contributed by atoms with E-state index < -0.39 is 22.0 Å². The summed E-state index contributed by atoms with van der Waals surface area (Å²) < 4.78 is 26.5. The van der Waals surface area contributed by atoms with Crippen molar-refractivity contribution in [2.24, 2.45) is 5.73 Å². The fourth-order valence-corrected chi connectivity index (χ4v) is 1.49. The molecule has 0 spiro atoms. The first kappa shape index (κ1) is 12.1. The van der Waals surface area contributed by atoms with Gasteiger partial charge < -0.3 is 15.4 Å². The Morgan fingerprint density at radius 2 is 2.20 bits per heavy atom. The maximum Gasteiger partial charge on any atom is 0.246 e. The highest BCUT2D eigenvalue weighted by Crippen LogP contribution is 2.12. The van der Waals surface area contributed by atoms with E-state index >= 15 is 0 Å². The summed E-state index contributed by atoms with van der Waals surface area (Å²) in [7, 11) is -3.20. The Kier molecular flexibility index (Phi) is 3.42. The molecule has 8 heteroatoms. The lowest BCUT2D eigenvalue weighted by Crippen LogP contribution is -2.23. The number of hydrogen-bond acceptors (Lipinski definition) is 7. The minimum absolute atomic E-state index is 0.0312. The molecule has 0 fully saturated rings. The van der Waals surface area contributed by atoms with Crippen LogP contribution >= 0.6 is 0 Å². The number of rotatable bonds is 4. The van der Waals surface area contributed by atoms with Crippen LogP contribution in [0.15, 0.2) is 4.52 Å². The van der Waals surface area contributed by atoms with Crippen LogP contribution in [0.1, 0.15) is 24.7 Å². The predicted molar refractivity (Wildman–Crippen MR) is 51.5 cm³/mol. The SMILES string of the molecule is CC(O)C(N)c1nc(CS(C)(=O)=O)no1. The van der Waals surface area contributed by atoms with Crippen molar-refractivity contribution in [1.82, 2.24) is 10.1 Å². The van der Waals surface area contributed by atoms with Gasteiger partial charge in [-0.2, -0.15) is 4.98 Å². The second kappa shape index (κ2) is 4.25. The van der Waals surface area contributed by atoms with Crippen molar-refractivity contribution in [3.05, 3.63) is 11.7 Å². The third-order valence-electron chi connectivity index (χ3n) is 1.68. The normalized spacial score (nSPS) is 16.3. The summed E-state index contributed by atoms with van der Waals surface area (Å²) in [5, 5.41) is 12.6. The Balaban J connectivity index is 2.81. The summed E-state index contributed by atoms with van der Waals surface area (Å²) >= 11 is 0. The zero-order valence-electron chi connectivity index (χ0n) is 8.41. The number of hydrogen-bond donors (Lipinski definition) is 2. The molecule has 86 valence electrons. The topological polar surface area (TPSA) is 119 Å². The molecule has 1 aromatic heterocycles. The lowest BCUT2D eigenvalue weighted by atomic mass is 10.2. The molecule has 0 saturated carbocycles. The summed E-state index contributed by atoms with van der Waals surface area (Å²) in [6, 6.07) is -0.800. The molecular formula is C7H13N3O4S. The van der Waals surface area contributed by atoms with E-state index in [0.29, 0.717) is 0 Å². The first-order valence-electron chi connectivity index (χ1n) is 4.23. The van der Waals surface area contributed by atoms with Crippen LogP contribution in [0.4, 0.5) is 0 Å². The van der Waals surface area contributed by atoms with Gasteiger partial charge in [0.25, 0.3) is 0 Å². The molecule has 1 rings (SSSR count). The summed E-state index contributed by atoms with van der Waals surface area (Å²) in [6.45, 7) is 1.48. The zero-order valence-corrected chi connectivity index (χ0v) is 9.23. The summed E-state index contributed by atoms with van der Waals surface area (Å²) in [6.07, 6.45) is 0.231. The third kappa shape index (κ3) is 3.57. The Bertz CT molecular complexity index is 425. The summed E-state index contributed by atoms with van der Waals surface area (Å²) in [5.41, 5.74) is 5.52. The summed E-state index contributed by atoms with van der Waals surface area (Å²) in [5.74, 6) is -0.226. The average molecular weight is 235 g/mol. The fraction of sp³-hybridized carbons (Fsp3) is 0.714. The second-order valence-corrected chi connectivity index (χ2v) is 5.53. The molecule has 0 aromatic carbocycles. The van der Waals surface area contributed by atoms with Gasteiger partial charge in [0, 0.05) is 6.26 Å². The molecule has 2 atom stereocenters. The van der Waals surface area contributed by atoms with Crippen molar-refractivity contribution in [2.45, 2.75) is 24.8 Å². The smallest absolute Gasteiger partial charge is 0.246 e. The van der Waals surface area contributed by atoms with Crippen LogP contribution in [-0.2, 0) is 15.6 Å². The fourth-order valence-electron chi connectivity index (χ4n) is 0.902. The lowest BCUT2D eigenvalue weighted by Gasteiger charge is -2.08. The van der Waals surface area contributed by atoms with Crippen LogP contribution in [0.2, 0.25) is 0 Å². The van der Waals surface area contributed by atoms with Crippen molar-refractivity contribution in [3.8, 4) is 0 Å². The van der Waals surface area contributed by atoms with Crippen molar-refractivity contribution < 1.29 is 18.0 Å². The van der Waals surface area contributed by atoms with E-state index in [2.05, 4.69) is 10.1 Å². The molecule has 0 saturated heterocycles. The van der Waals surface area contributed by atoms with Crippen LogP contribution in [0.5, 0.6) is 0 Å². The molecule has 3 N–H and O–H groups in total. The molecule has 2 unspecified atom stereocenters. The van der Waals surface area contributed by atoms with Gasteiger partial charge in [-0.1, -0.05) is 5.16 Å². The van der Waals surface area contributed by atoms with E-state index in [4.69, 9.17) is 15.4 Å². The first-order valence-corrected chi connectivity index (χ1v) is 6.29. The Labute approximate surface area is 87.2 Å². The molecule has 0 aliphatic rings.